The molecule has 1 amide bonds. The van der Waals surface area contributed by atoms with Crippen LogP contribution < -0.4 is 14.8 Å². The second-order valence-corrected chi connectivity index (χ2v) is 7.11. The second-order valence-electron chi connectivity index (χ2n) is 7.11. The molecule has 0 unspecified atom stereocenters. The van der Waals surface area contributed by atoms with Crippen LogP contribution in [0.5, 0.6) is 11.5 Å². The van der Waals surface area contributed by atoms with Crippen LogP contribution in [0, 0.1) is 0 Å². The number of aryl methyl sites for hydroxylation is 2. The van der Waals surface area contributed by atoms with Crippen molar-refractivity contribution in [3.05, 3.63) is 53.1 Å². The normalized spacial score (nSPS) is 15.5. The monoisotopic (exact) mass is 381 g/mol. The topological polar surface area (TPSA) is 73.9 Å². The lowest BCUT2D eigenvalue weighted by atomic mass is 10.1. The SMILES string of the molecule is C[C@@H](OC(=O)Cc1ccc2c(c1)OCCO2)C(=O)Nc1ccc2c(c1)CCC2. The van der Waals surface area contributed by atoms with Gasteiger partial charge in [-0.2, -0.15) is 0 Å². The molecule has 0 fully saturated rings. The first-order valence-electron chi connectivity index (χ1n) is 9.59. The van der Waals surface area contributed by atoms with E-state index in [1.165, 1.54) is 11.1 Å². The molecule has 0 bridgehead atoms. The fraction of sp³-hybridized carbons (Fsp3) is 0.364. The third-order valence-electron chi connectivity index (χ3n) is 5.00. The molecule has 146 valence electrons. The van der Waals surface area contributed by atoms with Gasteiger partial charge in [0.05, 0.1) is 6.42 Å². The van der Waals surface area contributed by atoms with Crippen molar-refractivity contribution in [3.63, 3.8) is 0 Å². The largest absolute Gasteiger partial charge is 0.486 e. The van der Waals surface area contributed by atoms with Gasteiger partial charge < -0.3 is 19.5 Å². The molecule has 0 aromatic heterocycles. The number of fused-ring (bicyclic) bond motifs is 2. The van der Waals surface area contributed by atoms with E-state index < -0.39 is 12.1 Å². The van der Waals surface area contributed by atoms with E-state index >= 15 is 0 Å². The number of ether oxygens (including phenoxy) is 3. The van der Waals surface area contributed by atoms with Gasteiger partial charge in [0.1, 0.15) is 13.2 Å². The number of benzene rings is 2. The Balaban J connectivity index is 1.32. The van der Waals surface area contributed by atoms with Crippen LogP contribution in [0.3, 0.4) is 0 Å². The van der Waals surface area contributed by atoms with Crippen LogP contribution in [0.15, 0.2) is 36.4 Å². The fourth-order valence-corrected chi connectivity index (χ4v) is 3.55. The summed E-state index contributed by atoms with van der Waals surface area (Å²) < 4.78 is 16.3. The summed E-state index contributed by atoms with van der Waals surface area (Å²) in [6, 6.07) is 11.3. The van der Waals surface area contributed by atoms with E-state index in [1.54, 1.807) is 25.1 Å². The highest BCUT2D eigenvalue weighted by atomic mass is 16.6. The number of rotatable bonds is 5. The molecule has 0 radical (unpaired) electrons. The van der Waals surface area contributed by atoms with Gasteiger partial charge in [-0.1, -0.05) is 12.1 Å². The minimum absolute atomic E-state index is 0.0626. The maximum Gasteiger partial charge on any atom is 0.311 e. The average molecular weight is 381 g/mol. The number of esters is 1. The number of hydrogen-bond acceptors (Lipinski definition) is 5. The highest BCUT2D eigenvalue weighted by molar-refractivity contribution is 5.95. The highest BCUT2D eigenvalue weighted by Crippen LogP contribution is 2.31. The zero-order chi connectivity index (χ0) is 19.5. The molecule has 0 saturated heterocycles. The van der Waals surface area contributed by atoms with Crippen molar-refractivity contribution >= 4 is 17.6 Å². The van der Waals surface area contributed by atoms with Gasteiger partial charge in [0.25, 0.3) is 5.91 Å². The minimum Gasteiger partial charge on any atom is -0.486 e. The number of nitrogens with one attached hydrogen (secondary N) is 1. The van der Waals surface area contributed by atoms with Gasteiger partial charge in [0.2, 0.25) is 0 Å². The molecule has 6 heteroatoms. The molecule has 1 heterocycles. The van der Waals surface area contributed by atoms with E-state index in [9.17, 15) is 9.59 Å². The van der Waals surface area contributed by atoms with Crippen molar-refractivity contribution in [2.24, 2.45) is 0 Å². The van der Waals surface area contributed by atoms with E-state index in [0.29, 0.717) is 24.7 Å². The Bertz CT molecular complexity index is 908. The molecule has 1 aliphatic carbocycles. The van der Waals surface area contributed by atoms with E-state index in [2.05, 4.69) is 11.4 Å². The molecular weight excluding hydrogens is 358 g/mol. The number of hydrogen-bond donors (Lipinski definition) is 1. The molecule has 1 atom stereocenters. The van der Waals surface area contributed by atoms with E-state index in [4.69, 9.17) is 14.2 Å². The van der Waals surface area contributed by atoms with Crippen molar-refractivity contribution in [1.82, 2.24) is 0 Å². The Morgan fingerprint density at radius 3 is 2.68 bits per heavy atom. The number of carbonyl (C=O) groups is 2. The van der Waals surface area contributed by atoms with Gasteiger partial charge in [-0.15, -0.1) is 0 Å². The summed E-state index contributed by atoms with van der Waals surface area (Å²) in [5.41, 5.74) is 4.11. The fourth-order valence-electron chi connectivity index (χ4n) is 3.55. The van der Waals surface area contributed by atoms with E-state index in [0.717, 1.165) is 30.5 Å². The summed E-state index contributed by atoms with van der Waals surface area (Å²) in [6.07, 6.45) is 2.47. The number of anilines is 1. The Labute approximate surface area is 163 Å². The van der Waals surface area contributed by atoms with Crippen molar-refractivity contribution in [2.45, 2.75) is 38.7 Å². The van der Waals surface area contributed by atoms with Gasteiger partial charge in [-0.25, -0.2) is 0 Å². The van der Waals surface area contributed by atoms with Crippen molar-refractivity contribution in [1.29, 1.82) is 0 Å². The zero-order valence-corrected chi connectivity index (χ0v) is 15.8. The smallest absolute Gasteiger partial charge is 0.311 e. The highest BCUT2D eigenvalue weighted by Gasteiger charge is 2.20. The Hall–Kier alpha value is -3.02. The van der Waals surface area contributed by atoms with E-state index in [-0.39, 0.29) is 12.3 Å². The summed E-state index contributed by atoms with van der Waals surface area (Å²) in [4.78, 5) is 24.6. The first kappa shape index (κ1) is 18.3. The molecule has 1 N–H and O–H groups in total. The third-order valence-corrected chi connectivity index (χ3v) is 5.00. The Morgan fingerprint density at radius 1 is 1.04 bits per heavy atom. The van der Waals surface area contributed by atoms with Crippen molar-refractivity contribution in [3.8, 4) is 11.5 Å². The molecule has 2 aromatic carbocycles. The van der Waals surface area contributed by atoms with Gasteiger partial charge in [0, 0.05) is 5.69 Å². The van der Waals surface area contributed by atoms with Crippen LogP contribution in [-0.2, 0) is 33.6 Å². The molecular formula is C22H23NO5. The van der Waals surface area contributed by atoms with Crippen LogP contribution in [0.4, 0.5) is 5.69 Å². The molecule has 2 aliphatic rings. The van der Waals surface area contributed by atoms with Crippen LogP contribution in [0.25, 0.3) is 0 Å². The van der Waals surface area contributed by atoms with Gasteiger partial charge in [-0.3, -0.25) is 9.59 Å². The number of amides is 1. The van der Waals surface area contributed by atoms with Gasteiger partial charge in [0.15, 0.2) is 17.6 Å². The summed E-state index contributed by atoms with van der Waals surface area (Å²) in [7, 11) is 0. The molecule has 0 saturated carbocycles. The van der Waals surface area contributed by atoms with Crippen LogP contribution in [-0.4, -0.2) is 31.2 Å². The van der Waals surface area contributed by atoms with E-state index in [1.807, 2.05) is 12.1 Å². The summed E-state index contributed by atoms with van der Waals surface area (Å²) >= 11 is 0. The average Bonchev–Trinajstić information content (AvgIpc) is 3.15. The predicted molar refractivity (Wildman–Crippen MR) is 104 cm³/mol. The lowest BCUT2D eigenvalue weighted by Gasteiger charge is -2.19. The zero-order valence-electron chi connectivity index (χ0n) is 15.8. The lowest BCUT2D eigenvalue weighted by molar-refractivity contribution is -0.152. The quantitative estimate of drug-likeness (QED) is 0.806. The molecule has 4 rings (SSSR count). The third kappa shape index (κ3) is 4.11. The predicted octanol–water partition coefficient (Wildman–Crippen LogP) is 3.06. The maximum atomic E-state index is 12.4. The molecule has 28 heavy (non-hydrogen) atoms. The standard InChI is InChI=1S/C22H23NO5/c1-14(22(25)23-18-7-6-16-3-2-4-17(16)13-18)28-21(24)12-15-5-8-19-20(11-15)27-10-9-26-19/h5-8,11,13-14H,2-4,9-10,12H2,1H3,(H,23,25)/t14-/m1/s1. The molecule has 2 aromatic rings. The minimum atomic E-state index is -0.877. The molecule has 1 aliphatic heterocycles. The van der Waals surface area contributed by atoms with Gasteiger partial charge >= 0.3 is 5.97 Å². The first-order valence-corrected chi connectivity index (χ1v) is 9.59. The molecule has 6 nitrogen and oxygen atoms in total. The number of carbonyl (C=O) groups excluding carboxylic acids is 2. The summed E-state index contributed by atoms with van der Waals surface area (Å²) in [6.45, 7) is 2.58. The second kappa shape index (κ2) is 7.92. The Kier molecular flexibility index (Phi) is 5.19. The van der Waals surface area contributed by atoms with Gasteiger partial charge in [-0.05, 0) is 67.1 Å². The maximum absolute atomic E-state index is 12.4. The summed E-state index contributed by atoms with van der Waals surface area (Å²) in [5.74, 6) is 0.492. The van der Waals surface area contributed by atoms with Crippen LogP contribution in [0.2, 0.25) is 0 Å². The Morgan fingerprint density at radius 2 is 1.82 bits per heavy atom. The van der Waals surface area contributed by atoms with Crippen molar-refractivity contribution < 1.29 is 23.8 Å². The van der Waals surface area contributed by atoms with Crippen molar-refractivity contribution in [2.75, 3.05) is 18.5 Å². The lowest BCUT2D eigenvalue weighted by Crippen LogP contribution is -2.30. The van der Waals surface area contributed by atoms with Crippen LogP contribution in [0.1, 0.15) is 30.0 Å². The van der Waals surface area contributed by atoms with Crippen LogP contribution >= 0.6 is 0 Å². The molecule has 0 spiro atoms. The summed E-state index contributed by atoms with van der Waals surface area (Å²) in [5, 5.41) is 2.83. The first-order chi connectivity index (χ1) is 13.6.